The Balaban J connectivity index is 1.74. The number of nitrogens with zero attached hydrogens (tertiary/aromatic N) is 4. The number of esters is 1. The molecule has 46 heavy (non-hydrogen) atoms. The number of benzene rings is 3. The zero-order valence-electron chi connectivity index (χ0n) is 26.5. The van der Waals surface area contributed by atoms with E-state index in [1.165, 1.54) is 0 Å². The monoisotopic (exact) mass is 627 g/mol. The number of amides is 1. The molecule has 242 valence electrons. The Kier molecular flexibility index (Phi) is 11.8. The lowest BCUT2D eigenvalue weighted by Crippen LogP contribution is -2.49. The minimum atomic E-state index is -1.55. The van der Waals surface area contributed by atoms with Gasteiger partial charge < -0.3 is 24.6 Å². The number of aliphatic hydroxyl groups excluding tert-OH is 1. The van der Waals surface area contributed by atoms with E-state index in [1.54, 1.807) is 45.0 Å². The molecule has 0 aliphatic carbocycles. The summed E-state index contributed by atoms with van der Waals surface area (Å²) in [4.78, 5) is 35.3. The van der Waals surface area contributed by atoms with Crippen LogP contribution in [0.2, 0.25) is 0 Å². The van der Waals surface area contributed by atoms with Crippen molar-refractivity contribution in [3.8, 4) is 5.75 Å². The normalized spacial score (nSPS) is 17.3. The highest BCUT2D eigenvalue weighted by Crippen LogP contribution is 2.44. The van der Waals surface area contributed by atoms with Crippen LogP contribution in [0.5, 0.6) is 5.75 Å². The molecule has 0 radical (unpaired) electrons. The molecule has 0 saturated heterocycles. The first-order valence-electron chi connectivity index (χ1n) is 15.4. The van der Waals surface area contributed by atoms with Crippen molar-refractivity contribution in [2.75, 3.05) is 19.8 Å². The Morgan fingerprint density at radius 2 is 1.78 bits per heavy atom. The van der Waals surface area contributed by atoms with Crippen LogP contribution in [-0.2, 0) is 32.0 Å². The van der Waals surface area contributed by atoms with Gasteiger partial charge >= 0.3 is 5.97 Å². The van der Waals surface area contributed by atoms with Crippen molar-refractivity contribution in [1.82, 2.24) is 5.32 Å². The van der Waals surface area contributed by atoms with Gasteiger partial charge in [0.1, 0.15) is 11.4 Å². The minimum Gasteiger partial charge on any atom is -0.494 e. The summed E-state index contributed by atoms with van der Waals surface area (Å²) in [5.41, 5.74) is 9.78. The third kappa shape index (κ3) is 9.09. The minimum absolute atomic E-state index is 0.00541. The van der Waals surface area contributed by atoms with Gasteiger partial charge in [0, 0.05) is 36.5 Å². The predicted octanol–water partition coefficient (Wildman–Crippen LogP) is 6.00. The number of aliphatic hydroxyl groups is 1. The number of carbonyl (C=O) groups excluding carboxylic acids is 2. The molecule has 1 aliphatic rings. The van der Waals surface area contributed by atoms with Gasteiger partial charge in [0.05, 0.1) is 13.2 Å². The highest BCUT2D eigenvalue weighted by molar-refractivity contribution is 6.01. The smallest absolute Gasteiger partial charge is 0.306 e. The maximum atomic E-state index is 14.4. The fourth-order valence-electron chi connectivity index (χ4n) is 5.19. The maximum absolute atomic E-state index is 14.4. The second kappa shape index (κ2) is 15.9. The standard InChI is InChI=1S/C35H41N5O6/c1-34(2,3)46-30(42)18-20-35(33(43)37-21-19-25-10-5-4-6-11-25)31(29-13-8-7-12-27(29)24-38-40-36)45-32(39-35)26-14-16-28(17-15-26)44-23-9-22-41/h4-8,10-17,31,41H,9,18-24H2,1-3H3,(H,37,43)/t31-,35-/m1/s1. The molecule has 4 rings (SSSR count). The largest absolute Gasteiger partial charge is 0.494 e. The highest BCUT2D eigenvalue weighted by atomic mass is 16.6. The molecule has 0 fully saturated rings. The molecule has 11 nitrogen and oxygen atoms in total. The topological polar surface area (TPSA) is 155 Å². The van der Waals surface area contributed by atoms with Crippen LogP contribution in [0.15, 0.2) is 89.0 Å². The summed E-state index contributed by atoms with van der Waals surface area (Å²) in [5, 5.41) is 15.9. The SMILES string of the molecule is CC(C)(C)OC(=O)CC[C@@]1(C(=O)NCCc2ccccc2)N=C(c2ccc(OCCCO)cc2)O[C@@H]1c1ccccc1CN=[N+]=[N-]. The average molecular weight is 628 g/mol. The van der Waals surface area contributed by atoms with Crippen molar-refractivity contribution in [3.63, 3.8) is 0 Å². The third-order valence-electron chi connectivity index (χ3n) is 7.34. The fourth-order valence-corrected chi connectivity index (χ4v) is 5.19. The number of aliphatic imine (C=N–C) groups is 1. The lowest BCUT2D eigenvalue weighted by atomic mass is 9.81. The summed E-state index contributed by atoms with van der Waals surface area (Å²) in [6.45, 7) is 6.15. The molecule has 3 aromatic carbocycles. The second-order valence-electron chi connectivity index (χ2n) is 12.0. The second-order valence-corrected chi connectivity index (χ2v) is 12.0. The van der Waals surface area contributed by atoms with E-state index < -0.39 is 29.1 Å². The Morgan fingerprint density at radius 1 is 1.07 bits per heavy atom. The molecule has 2 atom stereocenters. The molecule has 1 aliphatic heterocycles. The van der Waals surface area contributed by atoms with Crippen LogP contribution in [0.4, 0.5) is 0 Å². The average Bonchev–Trinajstić information content (AvgIpc) is 3.44. The van der Waals surface area contributed by atoms with Gasteiger partial charge in [0.25, 0.3) is 5.91 Å². The first kappa shape index (κ1) is 34.0. The summed E-state index contributed by atoms with van der Waals surface area (Å²) < 4.78 is 17.8. The van der Waals surface area contributed by atoms with Crippen molar-refractivity contribution in [1.29, 1.82) is 0 Å². The first-order valence-corrected chi connectivity index (χ1v) is 15.4. The summed E-state index contributed by atoms with van der Waals surface area (Å²) in [5.74, 6) is -0.0116. The third-order valence-corrected chi connectivity index (χ3v) is 7.34. The lowest BCUT2D eigenvalue weighted by Gasteiger charge is -2.32. The van der Waals surface area contributed by atoms with Crippen LogP contribution < -0.4 is 10.1 Å². The Labute approximate surface area is 269 Å². The van der Waals surface area contributed by atoms with Crippen LogP contribution >= 0.6 is 0 Å². The summed E-state index contributed by atoms with van der Waals surface area (Å²) >= 11 is 0. The summed E-state index contributed by atoms with van der Waals surface area (Å²) in [6.07, 6.45) is 0.0878. The van der Waals surface area contributed by atoms with Crippen LogP contribution in [0, 0.1) is 0 Å². The zero-order valence-corrected chi connectivity index (χ0v) is 26.5. The maximum Gasteiger partial charge on any atom is 0.306 e. The molecule has 11 heteroatoms. The molecule has 3 aromatic rings. The quantitative estimate of drug-likeness (QED) is 0.0693. The van der Waals surface area contributed by atoms with Crippen LogP contribution in [0.1, 0.15) is 68.4 Å². The van der Waals surface area contributed by atoms with E-state index in [0.717, 1.165) is 5.56 Å². The van der Waals surface area contributed by atoms with Gasteiger partial charge in [-0.05, 0) is 80.1 Å². The summed E-state index contributed by atoms with van der Waals surface area (Å²) in [6, 6.07) is 24.2. The van der Waals surface area contributed by atoms with E-state index in [2.05, 4.69) is 15.3 Å². The molecule has 1 amide bonds. The lowest BCUT2D eigenvalue weighted by molar-refractivity contribution is -0.155. The molecule has 0 aromatic heterocycles. The van der Waals surface area contributed by atoms with Crippen molar-refractivity contribution < 1.29 is 28.9 Å². The Bertz CT molecular complexity index is 1550. The first-order chi connectivity index (χ1) is 22.1. The van der Waals surface area contributed by atoms with Gasteiger partial charge in [-0.3, -0.25) is 9.59 Å². The van der Waals surface area contributed by atoms with E-state index in [9.17, 15) is 9.59 Å². The van der Waals surface area contributed by atoms with E-state index >= 15 is 0 Å². The molecule has 0 saturated carbocycles. The van der Waals surface area contributed by atoms with E-state index in [-0.39, 0.29) is 31.9 Å². The Morgan fingerprint density at radius 3 is 2.48 bits per heavy atom. The van der Waals surface area contributed by atoms with Gasteiger partial charge in [-0.25, -0.2) is 4.99 Å². The number of azide groups is 1. The number of ether oxygens (including phenoxy) is 3. The molecule has 1 heterocycles. The molecular weight excluding hydrogens is 586 g/mol. The highest BCUT2D eigenvalue weighted by Gasteiger charge is 2.53. The number of nitrogens with one attached hydrogen (secondary N) is 1. The summed E-state index contributed by atoms with van der Waals surface area (Å²) in [7, 11) is 0. The van der Waals surface area contributed by atoms with E-state index in [0.29, 0.717) is 48.4 Å². The molecular formula is C35H41N5O6. The fraction of sp³-hybridized carbons (Fsp3) is 0.400. The van der Waals surface area contributed by atoms with E-state index in [4.69, 9.17) is 29.8 Å². The van der Waals surface area contributed by atoms with Crippen molar-refractivity contribution in [2.24, 2.45) is 10.1 Å². The van der Waals surface area contributed by atoms with Crippen molar-refractivity contribution in [3.05, 3.63) is 112 Å². The predicted molar refractivity (Wildman–Crippen MR) is 174 cm³/mol. The van der Waals surface area contributed by atoms with Gasteiger partial charge in [0.15, 0.2) is 11.6 Å². The van der Waals surface area contributed by atoms with E-state index in [1.807, 2.05) is 54.6 Å². The van der Waals surface area contributed by atoms with Crippen LogP contribution in [0.25, 0.3) is 10.4 Å². The van der Waals surface area contributed by atoms with Crippen LogP contribution in [0.3, 0.4) is 0 Å². The van der Waals surface area contributed by atoms with Crippen LogP contribution in [-0.4, -0.2) is 53.8 Å². The van der Waals surface area contributed by atoms with Gasteiger partial charge in [-0.1, -0.05) is 59.7 Å². The van der Waals surface area contributed by atoms with Crippen molar-refractivity contribution >= 4 is 17.8 Å². The van der Waals surface area contributed by atoms with Gasteiger partial charge in [0.2, 0.25) is 5.90 Å². The molecule has 0 unspecified atom stereocenters. The number of hydrogen-bond donors (Lipinski definition) is 2. The zero-order chi connectivity index (χ0) is 33.0. The molecule has 0 spiro atoms. The molecule has 2 N–H and O–H groups in total. The number of rotatable bonds is 15. The van der Waals surface area contributed by atoms with Crippen molar-refractivity contribution in [2.45, 2.75) is 70.2 Å². The number of hydrogen-bond acceptors (Lipinski definition) is 8. The van der Waals surface area contributed by atoms with Gasteiger partial charge in [-0.2, -0.15) is 0 Å². The van der Waals surface area contributed by atoms with Gasteiger partial charge in [-0.15, -0.1) is 0 Å². The molecule has 0 bridgehead atoms. The number of carbonyl (C=O) groups is 2. The Hall–Kier alpha value is -4.86.